The summed E-state index contributed by atoms with van der Waals surface area (Å²) in [5.74, 6) is 3.73. The molecule has 2 aromatic carbocycles. The first-order valence-corrected chi connectivity index (χ1v) is 14.0. The van der Waals surface area contributed by atoms with Crippen LogP contribution in [0, 0.1) is 5.92 Å². The number of likely N-dealkylation sites (tertiary alicyclic amines) is 1. The van der Waals surface area contributed by atoms with Crippen molar-refractivity contribution >= 4 is 17.2 Å². The Morgan fingerprint density at radius 2 is 1.79 bits per heavy atom. The van der Waals surface area contributed by atoms with Crippen molar-refractivity contribution in [2.75, 3.05) is 40.6 Å². The number of hydrogen-bond acceptors (Lipinski definition) is 8. The van der Waals surface area contributed by atoms with Gasteiger partial charge in [-0.05, 0) is 60.6 Å². The van der Waals surface area contributed by atoms with Crippen molar-refractivity contribution in [2.45, 2.75) is 39.3 Å². The third kappa shape index (κ3) is 6.22. The van der Waals surface area contributed by atoms with Crippen molar-refractivity contribution < 1.29 is 23.7 Å². The van der Waals surface area contributed by atoms with Gasteiger partial charge in [-0.15, -0.1) is 11.3 Å². The first-order chi connectivity index (χ1) is 18.5. The molecule has 202 valence electrons. The Morgan fingerprint density at radius 3 is 2.58 bits per heavy atom. The molecule has 1 amide bonds. The van der Waals surface area contributed by atoms with E-state index < -0.39 is 0 Å². The molecule has 2 aliphatic rings. The standard InChI is InChI=1S/C29H35N3O5S/c1-20-8-12-32(13-9-20)29(33)23-18-38-28(30-23)17-31(16-22-5-7-25-27(15-22)37-19-36-25)11-10-21-4-6-24(34-2)26(14-21)35-3/h4-7,14-15,18,20H,8-13,16-17,19H2,1-3H3. The van der Waals surface area contributed by atoms with E-state index in [1.54, 1.807) is 25.6 Å². The molecule has 0 spiro atoms. The molecule has 2 aliphatic heterocycles. The molecule has 8 nitrogen and oxygen atoms in total. The molecule has 0 saturated carbocycles. The SMILES string of the molecule is COc1ccc(CCN(Cc2ccc3c(c2)OCO3)Cc2nc(C(=O)N3CCC(C)CC3)cs2)cc1OC. The zero-order valence-corrected chi connectivity index (χ0v) is 23.1. The van der Waals surface area contributed by atoms with Crippen LogP contribution in [0.5, 0.6) is 23.0 Å². The second-order valence-corrected chi connectivity index (χ2v) is 10.9. The summed E-state index contributed by atoms with van der Waals surface area (Å²) in [6, 6.07) is 12.1. The fourth-order valence-electron chi connectivity index (χ4n) is 4.88. The van der Waals surface area contributed by atoms with E-state index in [-0.39, 0.29) is 12.7 Å². The minimum Gasteiger partial charge on any atom is -0.493 e. The van der Waals surface area contributed by atoms with Crippen LogP contribution in [0.4, 0.5) is 0 Å². The third-order valence-corrected chi connectivity index (χ3v) is 8.04. The molecule has 0 radical (unpaired) electrons. The largest absolute Gasteiger partial charge is 0.493 e. The normalized spacial score (nSPS) is 15.2. The molecule has 9 heteroatoms. The number of piperidine rings is 1. The minimum absolute atomic E-state index is 0.0482. The van der Waals surface area contributed by atoms with E-state index in [0.717, 1.165) is 84.6 Å². The van der Waals surface area contributed by atoms with Gasteiger partial charge in [-0.2, -0.15) is 0 Å². The molecule has 0 bridgehead atoms. The highest BCUT2D eigenvalue weighted by molar-refractivity contribution is 7.09. The predicted octanol–water partition coefficient (Wildman–Crippen LogP) is 5.01. The van der Waals surface area contributed by atoms with Gasteiger partial charge >= 0.3 is 0 Å². The van der Waals surface area contributed by atoms with Crippen molar-refractivity contribution in [2.24, 2.45) is 5.92 Å². The van der Waals surface area contributed by atoms with Crippen LogP contribution in [0.15, 0.2) is 41.8 Å². The average molecular weight is 538 g/mol. The summed E-state index contributed by atoms with van der Waals surface area (Å²) >= 11 is 1.55. The van der Waals surface area contributed by atoms with Crippen molar-refractivity contribution in [1.82, 2.24) is 14.8 Å². The van der Waals surface area contributed by atoms with Crippen LogP contribution in [0.3, 0.4) is 0 Å². The molecule has 0 unspecified atom stereocenters. The molecule has 38 heavy (non-hydrogen) atoms. The first kappa shape index (κ1) is 26.3. The summed E-state index contributed by atoms with van der Waals surface area (Å²) in [7, 11) is 3.29. The summed E-state index contributed by atoms with van der Waals surface area (Å²) in [4.78, 5) is 22.1. The number of amides is 1. The third-order valence-electron chi connectivity index (χ3n) is 7.21. The van der Waals surface area contributed by atoms with Crippen molar-refractivity contribution in [3.63, 3.8) is 0 Å². The van der Waals surface area contributed by atoms with Gasteiger partial charge in [0, 0.05) is 31.6 Å². The molecule has 1 saturated heterocycles. The number of ether oxygens (including phenoxy) is 4. The summed E-state index contributed by atoms with van der Waals surface area (Å²) in [5, 5.41) is 2.84. The zero-order chi connectivity index (χ0) is 26.5. The number of carbonyl (C=O) groups is 1. The van der Waals surface area contributed by atoms with Gasteiger partial charge in [-0.3, -0.25) is 9.69 Å². The predicted molar refractivity (Wildman–Crippen MR) is 146 cm³/mol. The van der Waals surface area contributed by atoms with Crippen molar-refractivity contribution in [1.29, 1.82) is 0 Å². The van der Waals surface area contributed by atoms with Gasteiger partial charge in [0.15, 0.2) is 23.0 Å². The van der Waals surface area contributed by atoms with Crippen LogP contribution in [0.2, 0.25) is 0 Å². The van der Waals surface area contributed by atoms with Crippen molar-refractivity contribution in [3.8, 4) is 23.0 Å². The molecule has 1 fully saturated rings. The number of carbonyl (C=O) groups excluding carboxylic acids is 1. The fourth-order valence-corrected chi connectivity index (χ4v) is 5.69. The molecule has 0 atom stereocenters. The highest BCUT2D eigenvalue weighted by atomic mass is 32.1. The molecule has 0 N–H and O–H groups in total. The second kappa shape index (κ2) is 12.0. The number of aromatic nitrogens is 1. The Labute approximate surface area is 228 Å². The quantitative estimate of drug-likeness (QED) is 0.360. The zero-order valence-electron chi connectivity index (χ0n) is 22.3. The van der Waals surface area contributed by atoms with Crippen LogP contribution in [-0.4, -0.2) is 61.3 Å². The lowest BCUT2D eigenvalue weighted by Gasteiger charge is -2.29. The Morgan fingerprint density at radius 1 is 1.03 bits per heavy atom. The summed E-state index contributed by atoms with van der Waals surface area (Å²) in [6.07, 6.45) is 2.94. The van der Waals surface area contributed by atoms with E-state index >= 15 is 0 Å². The highest BCUT2D eigenvalue weighted by Gasteiger charge is 2.24. The van der Waals surface area contributed by atoms with E-state index in [0.29, 0.717) is 18.2 Å². The van der Waals surface area contributed by atoms with Crippen molar-refractivity contribution in [3.05, 3.63) is 63.6 Å². The fraction of sp³-hybridized carbons (Fsp3) is 0.448. The Balaban J connectivity index is 1.29. The molecule has 1 aromatic heterocycles. The van der Waals surface area contributed by atoms with Gasteiger partial charge in [0.25, 0.3) is 5.91 Å². The van der Waals surface area contributed by atoms with Crippen LogP contribution in [-0.2, 0) is 19.5 Å². The smallest absolute Gasteiger partial charge is 0.273 e. The minimum atomic E-state index is 0.0482. The lowest BCUT2D eigenvalue weighted by Crippen LogP contribution is -2.38. The maximum absolute atomic E-state index is 13.0. The summed E-state index contributed by atoms with van der Waals surface area (Å²) in [5.41, 5.74) is 2.85. The molecule has 0 aliphatic carbocycles. The van der Waals surface area contributed by atoms with Gasteiger partial charge in [0.1, 0.15) is 10.7 Å². The molecule has 5 rings (SSSR count). The number of fused-ring (bicyclic) bond motifs is 1. The number of benzene rings is 2. The molecular formula is C29H35N3O5S. The first-order valence-electron chi connectivity index (χ1n) is 13.1. The van der Waals surface area contributed by atoms with E-state index in [9.17, 15) is 4.79 Å². The Kier molecular flexibility index (Phi) is 8.34. The average Bonchev–Trinajstić information content (AvgIpc) is 3.61. The van der Waals surface area contributed by atoms with Gasteiger partial charge < -0.3 is 23.8 Å². The molecule has 3 aromatic rings. The summed E-state index contributed by atoms with van der Waals surface area (Å²) in [6.45, 7) is 6.31. The summed E-state index contributed by atoms with van der Waals surface area (Å²) < 4.78 is 21.9. The number of hydrogen-bond donors (Lipinski definition) is 0. The van der Waals surface area contributed by atoms with Crippen LogP contribution < -0.4 is 18.9 Å². The van der Waals surface area contributed by atoms with Gasteiger partial charge in [0.2, 0.25) is 6.79 Å². The maximum Gasteiger partial charge on any atom is 0.273 e. The van der Waals surface area contributed by atoms with Crippen LogP contribution in [0.1, 0.15) is 46.4 Å². The lowest BCUT2D eigenvalue weighted by molar-refractivity contribution is 0.0691. The van der Waals surface area contributed by atoms with E-state index in [1.807, 2.05) is 34.5 Å². The van der Waals surface area contributed by atoms with Crippen LogP contribution >= 0.6 is 11.3 Å². The molecule has 3 heterocycles. The monoisotopic (exact) mass is 537 g/mol. The lowest BCUT2D eigenvalue weighted by atomic mass is 9.99. The maximum atomic E-state index is 13.0. The number of rotatable bonds is 10. The van der Waals surface area contributed by atoms with Crippen LogP contribution in [0.25, 0.3) is 0 Å². The number of thiazole rings is 1. The molecular weight excluding hydrogens is 502 g/mol. The van der Waals surface area contributed by atoms with Gasteiger partial charge in [0.05, 0.1) is 20.8 Å². The number of methoxy groups -OCH3 is 2. The van der Waals surface area contributed by atoms with E-state index in [2.05, 4.69) is 24.0 Å². The number of nitrogens with zero attached hydrogens (tertiary/aromatic N) is 3. The van der Waals surface area contributed by atoms with Gasteiger partial charge in [-0.25, -0.2) is 4.98 Å². The van der Waals surface area contributed by atoms with E-state index in [1.165, 1.54) is 0 Å². The Hall–Kier alpha value is -3.30. The highest BCUT2D eigenvalue weighted by Crippen LogP contribution is 2.33. The topological polar surface area (TPSA) is 73.4 Å². The second-order valence-electron chi connectivity index (χ2n) is 9.94. The van der Waals surface area contributed by atoms with Gasteiger partial charge in [-0.1, -0.05) is 19.1 Å². The van der Waals surface area contributed by atoms with E-state index in [4.69, 9.17) is 23.9 Å². The Bertz CT molecular complexity index is 1250.